The number of hydrogen-bond acceptors (Lipinski definition) is 2. The van der Waals surface area contributed by atoms with Crippen LogP contribution in [0.5, 0.6) is 11.8 Å². The van der Waals surface area contributed by atoms with E-state index in [4.69, 9.17) is 0 Å². The summed E-state index contributed by atoms with van der Waals surface area (Å²) in [5.74, 6) is 0.872. The fourth-order valence-corrected chi connectivity index (χ4v) is 4.96. The third-order valence-electron chi connectivity index (χ3n) is 6.06. The van der Waals surface area contributed by atoms with Crippen molar-refractivity contribution in [2.45, 2.75) is 24.7 Å². The third kappa shape index (κ3) is 1.56. The molecule has 0 radical (unpaired) electrons. The molecule has 1 aromatic heterocycles. The lowest BCUT2D eigenvalue weighted by Gasteiger charge is -2.11. The quantitative estimate of drug-likeness (QED) is 0.502. The van der Waals surface area contributed by atoms with Gasteiger partial charge in [0.15, 0.2) is 0 Å². The van der Waals surface area contributed by atoms with Gasteiger partial charge in [0.2, 0.25) is 11.8 Å². The van der Waals surface area contributed by atoms with Crippen molar-refractivity contribution in [3.05, 3.63) is 76.9 Å². The van der Waals surface area contributed by atoms with E-state index in [9.17, 15) is 10.2 Å². The molecule has 6 rings (SSSR count). The van der Waals surface area contributed by atoms with E-state index in [1.807, 2.05) is 6.07 Å². The largest absolute Gasteiger partial charge is 0.494 e. The van der Waals surface area contributed by atoms with Crippen LogP contribution in [0.1, 0.15) is 40.5 Å². The van der Waals surface area contributed by atoms with Gasteiger partial charge in [-0.05, 0) is 47.2 Å². The van der Waals surface area contributed by atoms with Crippen LogP contribution in [0.15, 0.2) is 54.6 Å². The summed E-state index contributed by atoms with van der Waals surface area (Å²) in [5, 5.41) is 21.6. The van der Waals surface area contributed by atoms with Crippen molar-refractivity contribution < 1.29 is 10.2 Å². The number of benzene rings is 2. The molecule has 122 valence electrons. The Morgan fingerprint density at radius 2 is 1.48 bits per heavy atom. The van der Waals surface area contributed by atoms with Crippen LogP contribution in [0.4, 0.5) is 0 Å². The first kappa shape index (κ1) is 13.4. The van der Waals surface area contributed by atoms with E-state index in [1.165, 1.54) is 22.3 Å². The molecule has 0 aliphatic heterocycles. The van der Waals surface area contributed by atoms with Gasteiger partial charge in [0.25, 0.3) is 0 Å². The molecular weight excluding hydrogens is 310 g/mol. The summed E-state index contributed by atoms with van der Waals surface area (Å²) in [5.41, 5.74) is 7.76. The van der Waals surface area contributed by atoms with E-state index in [-0.39, 0.29) is 23.6 Å². The summed E-state index contributed by atoms with van der Waals surface area (Å²) in [6.45, 7) is 0. The van der Waals surface area contributed by atoms with Crippen LogP contribution in [0.3, 0.4) is 0 Å². The Kier molecular flexibility index (Phi) is 2.33. The van der Waals surface area contributed by atoms with Gasteiger partial charge in [-0.25, -0.2) is 0 Å². The minimum Gasteiger partial charge on any atom is -0.494 e. The Bertz CT molecular complexity index is 1050. The predicted molar refractivity (Wildman–Crippen MR) is 96.6 cm³/mol. The molecule has 0 fully saturated rings. The van der Waals surface area contributed by atoms with Crippen LogP contribution < -0.4 is 0 Å². The first-order chi connectivity index (χ1) is 12.2. The number of hydrogen-bond donors (Lipinski definition) is 2. The summed E-state index contributed by atoms with van der Waals surface area (Å²) in [7, 11) is 0. The van der Waals surface area contributed by atoms with E-state index in [2.05, 4.69) is 48.6 Å². The van der Waals surface area contributed by atoms with Crippen molar-refractivity contribution in [3.8, 4) is 28.6 Å². The smallest absolute Gasteiger partial charge is 0.202 e. The molecule has 2 aromatic carbocycles. The van der Waals surface area contributed by atoms with Crippen molar-refractivity contribution in [2.24, 2.45) is 0 Å². The molecule has 2 bridgehead atoms. The van der Waals surface area contributed by atoms with Gasteiger partial charge in [-0.15, -0.1) is 0 Å². The third-order valence-corrected chi connectivity index (χ3v) is 6.06. The second-order valence-corrected chi connectivity index (χ2v) is 7.32. The zero-order chi connectivity index (χ0) is 16.7. The van der Waals surface area contributed by atoms with Gasteiger partial charge in [0.05, 0.1) is 5.69 Å². The molecule has 3 aliphatic rings. The highest BCUT2D eigenvalue weighted by Gasteiger charge is 2.41. The molecular formula is C22H17NO2. The Morgan fingerprint density at radius 1 is 0.800 bits per heavy atom. The van der Waals surface area contributed by atoms with Crippen molar-refractivity contribution >= 4 is 0 Å². The van der Waals surface area contributed by atoms with Gasteiger partial charge in [-0.2, -0.15) is 0 Å². The highest BCUT2D eigenvalue weighted by molar-refractivity contribution is 5.78. The van der Waals surface area contributed by atoms with Crippen molar-refractivity contribution in [3.63, 3.8) is 0 Å². The minimum atomic E-state index is 0.194. The van der Waals surface area contributed by atoms with Crippen molar-refractivity contribution in [1.29, 1.82) is 0 Å². The maximum absolute atomic E-state index is 10.8. The van der Waals surface area contributed by atoms with Crippen LogP contribution >= 0.6 is 0 Å². The molecule has 3 heteroatoms. The first-order valence-corrected chi connectivity index (χ1v) is 8.78. The summed E-state index contributed by atoms with van der Waals surface area (Å²) in [6.07, 6.45) is 6.17. The fraction of sp³-hybridized carbons (Fsp3) is 0.182. The summed E-state index contributed by atoms with van der Waals surface area (Å²) in [6, 6.07) is 14.7. The number of aromatic hydroxyl groups is 2. The Labute approximate surface area is 145 Å². The predicted octanol–water partition coefficient (Wildman–Crippen LogP) is 4.60. The van der Waals surface area contributed by atoms with E-state index < -0.39 is 0 Å². The zero-order valence-corrected chi connectivity index (χ0v) is 13.6. The molecule has 0 unspecified atom stereocenters. The van der Waals surface area contributed by atoms with E-state index >= 15 is 0 Å². The molecule has 25 heavy (non-hydrogen) atoms. The number of aromatic nitrogens is 1. The first-order valence-electron chi connectivity index (χ1n) is 8.78. The van der Waals surface area contributed by atoms with Gasteiger partial charge in [-0.3, -0.25) is 4.57 Å². The van der Waals surface area contributed by atoms with E-state index in [0.29, 0.717) is 0 Å². The van der Waals surface area contributed by atoms with Crippen LogP contribution in [0, 0.1) is 0 Å². The summed E-state index contributed by atoms with van der Waals surface area (Å²) in [4.78, 5) is 0. The number of nitrogens with zero attached hydrogens (tertiary/aromatic N) is 1. The van der Waals surface area contributed by atoms with Crippen LogP contribution in [0.2, 0.25) is 0 Å². The number of fused-ring (bicyclic) bond motifs is 8. The molecule has 0 saturated heterocycles. The SMILES string of the molecule is Oc1c2c(c(O)n1-c1ccc3c(c1)Cc1ccccc1-3)[C@H]1C=C[C@@H]2C1. The van der Waals surface area contributed by atoms with Gasteiger partial charge >= 0.3 is 0 Å². The summed E-state index contributed by atoms with van der Waals surface area (Å²) < 4.78 is 1.61. The lowest BCUT2D eigenvalue weighted by atomic mass is 10.0. The molecule has 2 atom stereocenters. The summed E-state index contributed by atoms with van der Waals surface area (Å²) >= 11 is 0. The fourth-order valence-electron chi connectivity index (χ4n) is 4.96. The molecule has 2 N–H and O–H groups in total. The number of allylic oxidation sites excluding steroid dienone is 2. The monoisotopic (exact) mass is 327 g/mol. The average molecular weight is 327 g/mol. The normalized spacial score (nSPS) is 21.4. The van der Waals surface area contributed by atoms with Crippen molar-refractivity contribution in [1.82, 2.24) is 4.57 Å². The maximum Gasteiger partial charge on any atom is 0.202 e. The zero-order valence-electron chi connectivity index (χ0n) is 13.6. The second-order valence-electron chi connectivity index (χ2n) is 7.32. The number of rotatable bonds is 1. The second kappa shape index (κ2) is 4.37. The standard InChI is InChI=1S/C22H17NO2/c24-21-19-13-5-6-14(10-13)20(19)22(25)23(21)16-7-8-18-15(11-16)9-12-3-1-2-4-17(12)18/h1-8,11,13-14,24-25H,9-10H2/t13-,14+. The topological polar surface area (TPSA) is 45.4 Å². The van der Waals surface area contributed by atoms with E-state index in [1.54, 1.807) is 4.57 Å². The minimum absolute atomic E-state index is 0.194. The molecule has 3 nitrogen and oxygen atoms in total. The Morgan fingerprint density at radius 3 is 2.24 bits per heavy atom. The Hall–Kier alpha value is -2.94. The van der Waals surface area contributed by atoms with Gasteiger partial charge in [0.1, 0.15) is 0 Å². The molecule has 3 aromatic rings. The van der Waals surface area contributed by atoms with Crippen LogP contribution in [0.25, 0.3) is 16.8 Å². The van der Waals surface area contributed by atoms with E-state index in [0.717, 1.165) is 29.7 Å². The van der Waals surface area contributed by atoms with Crippen LogP contribution in [-0.4, -0.2) is 14.8 Å². The van der Waals surface area contributed by atoms with Gasteiger partial charge in [-0.1, -0.05) is 42.5 Å². The van der Waals surface area contributed by atoms with Crippen LogP contribution in [-0.2, 0) is 6.42 Å². The highest BCUT2D eigenvalue weighted by Crippen LogP contribution is 2.57. The maximum atomic E-state index is 10.8. The lowest BCUT2D eigenvalue weighted by molar-refractivity contribution is 0.395. The highest BCUT2D eigenvalue weighted by atomic mass is 16.3. The lowest BCUT2D eigenvalue weighted by Crippen LogP contribution is -1.96. The molecule has 0 saturated carbocycles. The molecule has 3 aliphatic carbocycles. The van der Waals surface area contributed by atoms with Crippen molar-refractivity contribution in [2.75, 3.05) is 0 Å². The van der Waals surface area contributed by atoms with Gasteiger partial charge < -0.3 is 10.2 Å². The molecule has 0 amide bonds. The average Bonchev–Trinajstić information content (AvgIpc) is 3.36. The molecule has 0 spiro atoms. The molecule has 1 heterocycles. The van der Waals surface area contributed by atoms with Gasteiger partial charge in [0, 0.05) is 23.0 Å². The Balaban J connectivity index is 1.52.